The van der Waals surface area contributed by atoms with Crippen molar-refractivity contribution in [2.75, 3.05) is 10.2 Å². The lowest BCUT2D eigenvalue weighted by Gasteiger charge is -2.19. The van der Waals surface area contributed by atoms with Gasteiger partial charge in [0.05, 0.1) is 28.8 Å². The van der Waals surface area contributed by atoms with E-state index in [-0.39, 0.29) is 34.9 Å². The summed E-state index contributed by atoms with van der Waals surface area (Å²) in [6.07, 6.45) is 3.03. The Morgan fingerprint density at radius 1 is 0.968 bits per heavy atom. The molecule has 0 radical (unpaired) electrons. The number of fused-ring (bicyclic) bond motifs is 5. The zero-order valence-electron chi connectivity index (χ0n) is 17.0. The SMILES string of the molecule is Cc1ccc(C(=O)O)c(NC(=O)c2ccc(N3C(=O)[C@@H]4[C@H]5CC[C@@H](C5)[C@H]4C3=O)cc2)c1. The number of rotatable bonds is 4. The quantitative estimate of drug-likeness (QED) is 0.740. The smallest absolute Gasteiger partial charge is 0.337 e. The van der Waals surface area contributed by atoms with Gasteiger partial charge in [-0.1, -0.05) is 6.07 Å². The highest BCUT2D eigenvalue weighted by atomic mass is 16.4. The number of benzene rings is 2. The number of hydrogen-bond acceptors (Lipinski definition) is 4. The molecule has 3 aliphatic rings. The first-order chi connectivity index (χ1) is 14.8. The van der Waals surface area contributed by atoms with Crippen LogP contribution < -0.4 is 10.2 Å². The van der Waals surface area contributed by atoms with Gasteiger partial charge in [0.2, 0.25) is 11.8 Å². The summed E-state index contributed by atoms with van der Waals surface area (Å²) in [5.74, 6) is -1.58. The number of aryl methyl sites for hydroxylation is 1. The lowest BCUT2D eigenvalue weighted by Crippen LogP contribution is -2.32. The normalized spacial score (nSPS) is 26.3. The van der Waals surface area contributed by atoms with Gasteiger partial charge in [0, 0.05) is 5.56 Å². The average Bonchev–Trinajstić information content (AvgIpc) is 3.42. The van der Waals surface area contributed by atoms with Crippen molar-refractivity contribution in [2.45, 2.75) is 26.2 Å². The number of carboxylic acids is 1. The predicted octanol–water partition coefficient (Wildman–Crippen LogP) is 3.48. The molecule has 0 spiro atoms. The van der Waals surface area contributed by atoms with E-state index in [0.29, 0.717) is 23.1 Å². The van der Waals surface area contributed by atoms with E-state index in [2.05, 4.69) is 5.32 Å². The van der Waals surface area contributed by atoms with Crippen molar-refractivity contribution in [1.82, 2.24) is 0 Å². The zero-order chi connectivity index (χ0) is 21.9. The van der Waals surface area contributed by atoms with Crippen LogP contribution in [0.1, 0.15) is 45.5 Å². The van der Waals surface area contributed by atoms with E-state index in [9.17, 15) is 24.3 Å². The summed E-state index contributed by atoms with van der Waals surface area (Å²) >= 11 is 0. The Morgan fingerprint density at radius 3 is 2.16 bits per heavy atom. The minimum absolute atomic E-state index is 0.00463. The molecule has 158 valence electrons. The molecular formula is C24H22N2O5. The van der Waals surface area contributed by atoms with Gasteiger partial charge in [-0.25, -0.2) is 4.79 Å². The van der Waals surface area contributed by atoms with Crippen LogP contribution in [0.2, 0.25) is 0 Å². The van der Waals surface area contributed by atoms with Crippen molar-refractivity contribution in [3.63, 3.8) is 0 Å². The summed E-state index contributed by atoms with van der Waals surface area (Å²) in [5, 5.41) is 12.0. The number of carbonyl (C=O) groups excluding carboxylic acids is 3. The first-order valence-electron chi connectivity index (χ1n) is 10.5. The summed E-state index contributed by atoms with van der Waals surface area (Å²) in [4.78, 5) is 51.3. The average molecular weight is 418 g/mol. The van der Waals surface area contributed by atoms with Gasteiger partial charge in [0.1, 0.15) is 0 Å². The molecule has 1 heterocycles. The van der Waals surface area contributed by atoms with Crippen LogP contribution in [0.25, 0.3) is 0 Å². The molecule has 2 N–H and O–H groups in total. The standard InChI is InChI=1S/C24H22N2O5/c1-12-2-9-17(24(30)31)18(10-12)25-21(27)13-5-7-16(8-6-13)26-22(28)19-14-3-4-15(11-14)20(19)23(26)29/h2,5-10,14-15,19-20H,3-4,11H2,1H3,(H,25,27)(H,30,31)/t14-,15-,19+,20+/m0/s1. The van der Waals surface area contributed by atoms with Crippen LogP contribution in [-0.2, 0) is 9.59 Å². The minimum Gasteiger partial charge on any atom is -0.478 e. The number of carboxylic acid groups (broad SMARTS) is 1. The Labute approximate surface area is 179 Å². The molecule has 0 unspecified atom stereocenters. The summed E-state index contributed by atoms with van der Waals surface area (Å²) in [6.45, 7) is 1.81. The van der Waals surface area contributed by atoms with Crippen LogP contribution in [-0.4, -0.2) is 28.8 Å². The second-order valence-corrected chi connectivity index (χ2v) is 8.75. The molecule has 7 heteroatoms. The van der Waals surface area contributed by atoms with Crippen molar-refractivity contribution in [2.24, 2.45) is 23.7 Å². The molecule has 0 aromatic heterocycles. The highest BCUT2D eigenvalue weighted by molar-refractivity contribution is 6.22. The second kappa shape index (κ2) is 7.04. The Balaban J connectivity index is 1.36. The van der Waals surface area contributed by atoms with Gasteiger partial charge in [0.15, 0.2) is 0 Å². The molecule has 2 bridgehead atoms. The number of hydrogen-bond donors (Lipinski definition) is 2. The number of nitrogens with zero attached hydrogens (tertiary/aromatic N) is 1. The molecule has 2 saturated carbocycles. The molecule has 3 fully saturated rings. The topological polar surface area (TPSA) is 104 Å². The monoisotopic (exact) mass is 418 g/mol. The summed E-state index contributed by atoms with van der Waals surface area (Å²) in [6, 6.07) is 11.0. The van der Waals surface area contributed by atoms with Gasteiger partial charge in [-0.2, -0.15) is 0 Å². The van der Waals surface area contributed by atoms with Crippen molar-refractivity contribution in [3.8, 4) is 0 Å². The molecular weight excluding hydrogens is 396 g/mol. The van der Waals surface area contributed by atoms with Gasteiger partial charge in [0.25, 0.3) is 5.91 Å². The maximum absolute atomic E-state index is 13.0. The Morgan fingerprint density at radius 2 is 1.58 bits per heavy atom. The fourth-order valence-corrected chi connectivity index (χ4v) is 5.57. The van der Waals surface area contributed by atoms with Crippen LogP contribution in [0, 0.1) is 30.6 Å². The zero-order valence-corrected chi connectivity index (χ0v) is 17.0. The molecule has 2 aromatic carbocycles. The highest BCUT2D eigenvalue weighted by Crippen LogP contribution is 2.56. The molecule has 2 aromatic rings. The molecule has 3 amide bonds. The van der Waals surface area contributed by atoms with Gasteiger partial charge in [-0.05, 0) is 80.0 Å². The van der Waals surface area contributed by atoms with Crippen molar-refractivity contribution in [1.29, 1.82) is 0 Å². The molecule has 2 aliphatic carbocycles. The number of imide groups is 1. The highest BCUT2D eigenvalue weighted by Gasteiger charge is 2.61. The summed E-state index contributed by atoms with van der Waals surface area (Å²) in [5.41, 5.74) is 1.82. The molecule has 31 heavy (non-hydrogen) atoms. The third-order valence-corrected chi connectivity index (χ3v) is 6.97. The Hall–Kier alpha value is -3.48. The number of carbonyl (C=O) groups is 4. The van der Waals surface area contributed by atoms with E-state index >= 15 is 0 Å². The van der Waals surface area contributed by atoms with E-state index in [4.69, 9.17) is 0 Å². The van der Waals surface area contributed by atoms with Gasteiger partial charge < -0.3 is 10.4 Å². The van der Waals surface area contributed by atoms with Gasteiger partial charge in [-0.3, -0.25) is 19.3 Å². The van der Waals surface area contributed by atoms with Crippen molar-refractivity contribution in [3.05, 3.63) is 59.2 Å². The summed E-state index contributed by atoms with van der Waals surface area (Å²) < 4.78 is 0. The molecule has 1 saturated heterocycles. The van der Waals surface area contributed by atoms with Gasteiger partial charge in [-0.15, -0.1) is 0 Å². The maximum atomic E-state index is 13.0. The number of aromatic carboxylic acids is 1. The first kappa shape index (κ1) is 19.5. The Kier molecular flexibility index (Phi) is 4.43. The Bertz CT molecular complexity index is 1100. The maximum Gasteiger partial charge on any atom is 0.337 e. The third kappa shape index (κ3) is 3.03. The van der Waals surface area contributed by atoms with E-state index in [0.717, 1.165) is 24.8 Å². The molecule has 4 atom stereocenters. The van der Waals surface area contributed by atoms with Crippen molar-refractivity contribution >= 4 is 35.1 Å². The number of nitrogens with one attached hydrogen (secondary N) is 1. The number of amides is 3. The summed E-state index contributed by atoms with van der Waals surface area (Å²) in [7, 11) is 0. The fraction of sp³-hybridized carbons (Fsp3) is 0.333. The van der Waals surface area contributed by atoms with Crippen LogP contribution in [0.5, 0.6) is 0 Å². The van der Waals surface area contributed by atoms with E-state index < -0.39 is 11.9 Å². The van der Waals surface area contributed by atoms with Crippen LogP contribution in [0.4, 0.5) is 11.4 Å². The van der Waals surface area contributed by atoms with E-state index in [1.54, 1.807) is 36.4 Å². The molecule has 5 rings (SSSR count). The van der Waals surface area contributed by atoms with Crippen LogP contribution in [0.15, 0.2) is 42.5 Å². The van der Waals surface area contributed by atoms with Crippen molar-refractivity contribution < 1.29 is 24.3 Å². The predicted molar refractivity (Wildman–Crippen MR) is 113 cm³/mol. The van der Waals surface area contributed by atoms with E-state index in [1.165, 1.54) is 11.0 Å². The molecule has 7 nitrogen and oxygen atoms in total. The first-order valence-corrected chi connectivity index (χ1v) is 10.5. The van der Waals surface area contributed by atoms with Gasteiger partial charge >= 0.3 is 5.97 Å². The minimum atomic E-state index is -1.13. The van der Waals surface area contributed by atoms with E-state index in [1.807, 2.05) is 6.92 Å². The van der Waals surface area contributed by atoms with Crippen LogP contribution >= 0.6 is 0 Å². The lowest BCUT2D eigenvalue weighted by molar-refractivity contribution is -0.123. The fourth-order valence-electron chi connectivity index (χ4n) is 5.57. The largest absolute Gasteiger partial charge is 0.478 e. The lowest BCUT2D eigenvalue weighted by atomic mass is 9.81. The number of anilines is 2. The molecule has 1 aliphatic heterocycles. The second-order valence-electron chi connectivity index (χ2n) is 8.75. The third-order valence-electron chi connectivity index (χ3n) is 6.97. The van der Waals surface area contributed by atoms with Crippen LogP contribution in [0.3, 0.4) is 0 Å².